The van der Waals surface area contributed by atoms with Crippen LogP contribution in [0.5, 0.6) is 0 Å². The first-order valence-electron chi connectivity index (χ1n) is 7.33. The molecule has 0 aliphatic carbocycles. The van der Waals surface area contributed by atoms with E-state index in [4.69, 9.17) is 15.2 Å². The fourth-order valence-corrected chi connectivity index (χ4v) is 3.43. The number of nitrogens with zero attached hydrogens (tertiary/aromatic N) is 1. The van der Waals surface area contributed by atoms with E-state index in [0.29, 0.717) is 12.2 Å². The highest BCUT2D eigenvalue weighted by molar-refractivity contribution is 4.97. The second-order valence-electron chi connectivity index (χ2n) is 5.71. The molecule has 0 bridgehead atoms. The van der Waals surface area contributed by atoms with Crippen molar-refractivity contribution in [2.24, 2.45) is 5.73 Å². The standard InChI is InChI=1S/C14H28N2O2/c1-3-12-10-14(11-15,6-9-18-12)16-7-4-13(17-2)5-8-16/h12-13H,3-11,15H2,1-2H3. The van der Waals surface area contributed by atoms with Gasteiger partial charge in [0.15, 0.2) is 0 Å². The average molecular weight is 256 g/mol. The summed E-state index contributed by atoms with van der Waals surface area (Å²) in [6.45, 7) is 6.05. The summed E-state index contributed by atoms with van der Waals surface area (Å²) in [7, 11) is 1.82. The van der Waals surface area contributed by atoms with Gasteiger partial charge in [-0.1, -0.05) is 6.92 Å². The van der Waals surface area contributed by atoms with Gasteiger partial charge in [-0.2, -0.15) is 0 Å². The van der Waals surface area contributed by atoms with Crippen molar-refractivity contribution in [3.8, 4) is 0 Å². The second kappa shape index (κ2) is 6.33. The van der Waals surface area contributed by atoms with E-state index in [1.165, 1.54) is 0 Å². The topological polar surface area (TPSA) is 47.7 Å². The minimum atomic E-state index is 0.178. The highest BCUT2D eigenvalue weighted by Gasteiger charge is 2.41. The van der Waals surface area contributed by atoms with Gasteiger partial charge in [-0.3, -0.25) is 4.90 Å². The van der Waals surface area contributed by atoms with Crippen LogP contribution in [0, 0.1) is 0 Å². The van der Waals surface area contributed by atoms with Crippen LogP contribution in [0.3, 0.4) is 0 Å². The van der Waals surface area contributed by atoms with Crippen molar-refractivity contribution >= 4 is 0 Å². The van der Waals surface area contributed by atoms with Crippen molar-refractivity contribution < 1.29 is 9.47 Å². The minimum absolute atomic E-state index is 0.178. The van der Waals surface area contributed by atoms with E-state index in [-0.39, 0.29) is 5.54 Å². The molecule has 2 heterocycles. The smallest absolute Gasteiger partial charge is 0.0595 e. The molecule has 2 atom stereocenters. The average Bonchev–Trinajstić information content (AvgIpc) is 2.47. The predicted molar refractivity (Wildman–Crippen MR) is 72.7 cm³/mol. The maximum absolute atomic E-state index is 6.12. The van der Waals surface area contributed by atoms with E-state index in [0.717, 1.165) is 58.3 Å². The molecular formula is C14H28N2O2. The molecule has 2 rings (SSSR count). The summed E-state index contributed by atoms with van der Waals surface area (Å²) in [5.74, 6) is 0. The molecule has 2 unspecified atom stereocenters. The van der Waals surface area contributed by atoms with Crippen molar-refractivity contribution in [3.05, 3.63) is 0 Å². The van der Waals surface area contributed by atoms with Crippen LogP contribution in [0.25, 0.3) is 0 Å². The third kappa shape index (κ3) is 2.87. The lowest BCUT2D eigenvalue weighted by Crippen LogP contribution is -2.60. The molecule has 4 heteroatoms. The van der Waals surface area contributed by atoms with Crippen molar-refractivity contribution in [3.63, 3.8) is 0 Å². The maximum Gasteiger partial charge on any atom is 0.0595 e. The molecule has 2 saturated heterocycles. The van der Waals surface area contributed by atoms with Gasteiger partial charge >= 0.3 is 0 Å². The summed E-state index contributed by atoms with van der Waals surface area (Å²) in [6, 6.07) is 0. The monoisotopic (exact) mass is 256 g/mol. The van der Waals surface area contributed by atoms with E-state index < -0.39 is 0 Å². The zero-order chi connectivity index (χ0) is 13.0. The maximum atomic E-state index is 6.12. The minimum Gasteiger partial charge on any atom is -0.381 e. The van der Waals surface area contributed by atoms with Crippen LogP contribution < -0.4 is 5.73 Å². The second-order valence-corrected chi connectivity index (χ2v) is 5.71. The van der Waals surface area contributed by atoms with Crippen molar-refractivity contribution in [1.29, 1.82) is 0 Å². The first-order valence-corrected chi connectivity index (χ1v) is 7.33. The Hall–Kier alpha value is -0.160. The fourth-order valence-electron chi connectivity index (χ4n) is 3.43. The zero-order valence-electron chi connectivity index (χ0n) is 11.9. The molecule has 106 valence electrons. The van der Waals surface area contributed by atoms with Gasteiger partial charge in [-0.15, -0.1) is 0 Å². The van der Waals surface area contributed by atoms with Crippen LogP contribution in [-0.4, -0.2) is 56.0 Å². The van der Waals surface area contributed by atoms with Gasteiger partial charge < -0.3 is 15.2 Å². The number of hydrogen-bond acceptors (Lipinski definition) is 4. The Kier molecular flexibility index (Phi) is 5.01. The van der Waals surface area contributed by atoms with Crippen LogP contribution in [0.15, 0.2) is 0 Å². The first-order chi connectivity index (χ1) is 8.74. The summed E-state index contributed by atoms with van der Waals surface area (Å²) < 4.78 is 11.3. The molecule has 0 saturated carbocycles. The first kappa shape index (κ1) is 14.3. The lowest BCUT2D eigenvalue weighted by molar-refractivity contribution is -0.0875. The van der Waals surface area contributed by atoms with E-state index in [2.05, 4.69) is 11.8 Å². The number of rotatable bonds is 4. The van der Waals surface area contributed by atoms with E-state index in [1.54, 1.807) is 0 Å². The van der Waals surface area contributed by atoms with Crippen LogP contribution >= 0.6 is 0 Å². The normalized spacial score (nSPS) is 35.8. The molecule has 18 heavy (non-hydrogen) atoms. The summed E-state index contributed by atoms with van der Waals surface area (Å²) in [5.41, 5.74) is 6.30. The van der Waals surface area contributed by atoms with E-state index >= 15 is 0 Å². The third-order valence-electron chi connectivity index (χ3n) is 4.81. The van der Waals surface area contributed by atoms with Crippen LogP contribution in [0.2, 0.25) is 0 Å². The molecule has 0 amide bonds. The van der Waals surface area contributed by atoms with E-state index in [1.807, 2.05) is 7.11 Å². The molecular weight excluding hydrogens is 228 g/mol. The van der Waals surface area contributed by atoms with Gasteiger partial charge in [0.1, 0.15) is 0 Å². The van der Waals surface area contributed by atoms with Crippen LogP contribution in [0.4, 0.5) is 0 Å². The molecule has 0 spiro atoms. The summed E-state index contributed by atoms with van der Waals surface area (Å²) in [5, 5.41) is 0. The Morgan fingerprint density at radius 3 is 2.67 bits per heavy atom. The number of hydrogen-bond donors (Lipinski definition) is 1. The molecule has 4 nitrogen and oxygen atoms in total. The number of ether oxygens (including phenoxy) is 2. The zero-order valence-corrected chi connectivity index (χ0v) is 11.9. The van der Waals surface area contributed by atoms with Gasteiger partial charge in [-0.25, -0.2) is 0 Å². The summed E-state index contributed by atoms with van der Waals surface area (Å²) in [6.07, 6.45) is 6.37. The molecule has 2 N–H and O–H groups in total. The summed E-state index contributed by atoms with van der Waals surface area (Å²) in [4.78, 5) is 2.60. The van der Waals surface area contributed by atoms with Gasteiger partial charge in [0.2, 0.25) is 0 Å². The SMILES string of the molecule is CCC1CC(CN)(N2CCC(OC)CC2)CCO1. The van der Waals surface area contributed by atoms with E-state index in [9.17, 15) is 0 Å². The van der Waals surface area contributed by atoms with Crippen LogP contribution in [0.1, 0.15) is 39.0 Å². The van der Waals surface area contributed by atoms with Gasteiger partial charge in [0.05, 0.1) is 12.2 Å². The van der Waals surface area contributed by atoms with Crippen molar-refractivity contribution in [1.82, 2.24) is 4.90 Å². The largest absolute Gasteiger partial charge is 0.381 e. The third-order valence-corrected chi connectivity index (χ3v) is 4.81. The molecule has 0 aromatic rings. The lowest BCUT2D eigenvalue weighted by Gasteiger charge is -2.50. The Morgan fingerprint density at radius 2 is 2.11 bits per heavy atom. The predicted octanol–water partition coefficient (Wildman–Crippen LogP) is 1.38. The lowest BCUT2D eigenvalue weighted by atomic mass is 9.82. The molecule has 2 aliphatic rings. The van der Waals surface area contributed by atoms with Crippen molar-refractivity contribution in [2.75, 3.05) is 33.4 Å². The van der Waals surface area contributed by atoms with Gasteiger partial charge in [0.25, 0.3) is 0 Å². The highest BCUT2D eigenvalue weighted by Crippen LogP contribution is 2.33. The Morgan fingerprint density at radius 1 is 1.39 bits per heavy atom. The highest BCUT2D eigenvalue weighted by atomic mass is 16.5. The Balaban J connectivity index is 1.99. The number of methoxy groups -OCH3 is 1. The number of likely N-dealkylation sites (tertiary alicyclic amines) is 1. The van der Waals surface area contributed by atoms with Crippen LogP contribution in [-0.2, 0) is 9.47 Å². The molecule has 0 aromatic carbocycles. The molecule has 2 aliphatic heterocycles. The quantitative estimate of drug-likeness (QED) is 0.825. The van der Waals surface area contributed by atoms with Crippen molar-refractivity contribution in [2.45, 2.75) is 56.8 Å². The fraction of sp³-hybridized carbons (Fsp3) is 1.00. The Bertz CT molecular complexity index is 254. The number of nitrogens with two attached hydrogens (primary N) is 1. The van der Waals surface area contributed by atoms with Gasteiger partial charge in [-0.05, 0) is 32.1 Å². The molecule has 2 fully saturated rings. The van der Waals surface area contributed by atoms with Gasteiger partial charge in [0, 0.05) is 38.9 Å². The molecule has 0 aromatic heterocycles. The Labute approximate surface area is 111 Å². The number of piperidine rings is 1. The molecule has 0 radical (unpaired) electrons. The summed E-state index contributed by atoms with van der Waals surface area (Å²) >= 11 is 0.